The van der Waals surface area contributed by atoms with Crippen molar-refractivity contribution in [3.63, 3.8) is 0 Å². The minimum Gasteiger partial charge on any atom is -0.455 e. The lowest BCUT2D eigenvalue weighted by atomic mass is 9.84. The minimum absolute atomic E-state index is 0.135. The predicted octanol–water partition coefficient (Wildman–Crippen LogP) is 13.1. The summed E-state index contributed by atoms with van der Waals surface area (Å²) in [5, 5.41) is 1.20. The van der Waals surface area contributed by atoms with Gasteiger partial charge in [-0.2, -0.15) is 0 Å². The van der Waals surface area contributed by atoms with E-state index in [-0.39, 0.29) is 51.3 Å². The standard InChI is InChI=1S/C46H30O/c1-4-15-31(16-5-1)34-21-14-22-36(29-34)46-45(41-30-35(27-28-42(41)47-46)32-17-6-2-7-18-32)44-39-25-12-10-23-37(39)43(33-19-8-3-9-20-33)38-24-11-13-26-40(38)44/h1-30H/i10D,11D,12D,13D,23D,24D,25D,26D. The zero-order valence-electron chi connectivity index (χ0n) is 33.1. The molecule has 0 atom stereocenters. The highest BCUT2D eigenvalue weighted by molar-refractivity contribution is 6.25. The second-order valence-electron chi connectivity index (χ2n) is 11.4. The lowest BCUT2D eigenvalue weighted by Crippen LogP contribution is -1.91. The normalized spacial score (nSPS) is 13.8. The number of furan rings is 1. The van der Waals surface area contributed by atoms with Crippen LogP contribution in [0.1, 0.15) is 11.0 Å². The number of fused-ring (bicyclic) bond motifs is 3. The van der Waals surface area contributed by atoms with Gasteiger partial charge in [0, 0.05) is 22.1 Å². The van der Waals surface area contributed by atoms with Crippen molar-refractivity contribution < 1.29 is 15.4 Å². The molecule has 0 aliphatic carbocycles. The van der Waals surface area contributed by atoms with Crippen LogP contribution < -0.4 is 0 Å². The summed E-state index contributed by atoms with van der Waals surface area (Å²) in [6, 6.07) is 39.3. The van der Waals surface area contributed by atoms with Gasteiger partial charge < -0.3 is 4.42 Å². The third kappa shape index (κ3) is 4.64. The smallest absolute Gasteiger partial charge is 0.143 e. The lowest BCUT2D eigenvalue weighted by molar-refractivity contribution is 0.632. The Hall–Kier alpha value is -6.18. The van der Waals surface area contributed by atoms with Gasteiger partial charge in [0.1, 0.15) is 11.3 Å². The molecular weight excluding hydrogens is 569 g/mol. The van der Waals surface area contributed by atoms with Crippen LogP contribution in [-0.2, 0) is 0 Å². The average Bonchev–Trinajstić information content (AvgIpc) is 3.62. The Kier molecular flexibility index (Phi) is 4.83. The summed E-state index contributed by atoms with van der Waals surface area (Å²) in [5.41, 5.74) is 6.48. The topological polar surface area (TPSA) is 13.1 Å². The number of benzene rings is 8. The summed E-state index contributed by atoms with van der Waals surface area (Å²) >= 11 is 0. The molecule has 1 aromatic heterocycles. The van der Waals surface area contributed by atoms with Gasteiger partial charge in [0.05, 0.1) is 11.0 Å². The van der Waals surface area contributed by atoms with Crippen LogP contribution in [0, 0.1) is 0 Å². The van der Waals surface area contributed by atoms with Gasteiger partial charge in [0.15, 0.2) is 0 Å². The first kappa shape index (κ1) is 20.0. The SMILES string of the molecule is [2H]c1c([2H])c([2H])c2c(-c3c(-c4cccc(-c5ccccc5)c4)oc4ccc(-c5ccccc5)cc34)c3c([2H])c([2H])c([2H])c([2H])c3c(-c3ccccc3)c2c1[2H]. The first-order valence-corrected chi connectivity index (χ1v) is 15.4. The van der Waals surface area contributed by atoms with Gasteiger partial charge in [-0.15, -0.1) is 0 Å². The van der Waals surface area contributed by atoms with Crippen molar-refractivity contribution in [2.45, 2.75) is 0 Å². The van der Waals surface area contributed by atoms with E-state index in [0.29, 0.717) is 39.0 Å². The Balaban J connectivity index is 1.55. The molecule has 0 spiro atoms. The Morgan fingerprint density at radius 1 is 0.340 bits per heavy atom. The van der Waals surface area contributed by atoms with Gasteiger partial charge in [-0.3, -0.25) is 0 Å². The highest BCUT2D eigenvalue weighted by Crippen LogP contribution is 2.50. The zero-order chi connectivity index (χ0) is 38.1. The van der Waals surface area contributed by atoms with Gasteiger partial charge in [0.25, 0.3) is 0 Å². The number of hydrogen-bond acceptors (Lipinski definition) is 1. The summed E-state index contributed by atoms with van der Waals surface area (Å²) in [4.78, 5) is 0. The van der Waals surface area contributed by atoms with Gasteiger partial charge in [0.2, 0.25) is 0 Å². The fourth-order valence-electron chi connectivity index (χ4n) is 6.60. The molecule has 0 aliphatic heterocycles. The molecule has 0 bridgehead atoms. The molecule has 8 aromatic carbocycles. The molecular formula is C46H30O. The Morgan fingerprint density at radius 2 is 0.809 bits per heavy atom. The molecule has 0 N–H and O–H groups in total. The monoisotopic (exact) mass is 606 g/mol. The summed E-state index contributed by atoms with van der Waals surface area (Å²) in [5.74, 6) is 0.396. The fraction of sp³-hybridized carbons (Fsp3) is 0. The first-order chi connectivity index (χ1) is 26.7. The zero-order valence-corrected chi connectivity index (χ0v) is 25.1. The highest BCUT2D eigenvalue weighted by Gasteiger charge is 2.24. The fourth-order valence-corrected chi connectivity index (χ4v) is 6.60. The van der Waals surface area contributed by atoms with Crippen molar-refractivity contribution in [1.29, 1.82) is 0 Å². The van der Waals surface area contributed by atoms with Crippen molar-refractivity contribution in [2.75, 3.05) is 0 Å². The van der Waals surface area contributed by atoms with Crippen LogP contribution in [0.25, 0.3) is 88.3 Å². The second-order valence-corrected chi connectivity index (χ2v) is 11.4. The first-order valence-electron chi connectivity index (χ1n) is 19.4. The third-order valence-corrected chi connectivity index (χ3v) is 8.71. The van der Waals surface area contributed by atoms with E-state index in [1.165, 1.54) is 0 Å². The molecule has 0 fully saturated rings. The van der Waals surface area contributed by atoms with E-state index in [1.54, 1.807) is 24.3 Å². The van der Waals surface area contributed by atoms with E-state index in [2.05, 4.69) is 0 Å². The van der Waals surface area contributed by atoms with Gasteiger partial charge >= 0.3 is 0 Å². The Morgan fingerprint density at radius 3 is 1.38 bits per heavy atom. The average molecular weight is 607 g/mol. The molecule has 1 heterocycles. The maximum absolute atomic E-state index is 9.52. The summed E-state index contributed by atoms with van der Waals surface area (Å²) < 4.78 is 80.1. The van der Waals surface area contributed by atoms with Crippen molar-refractivity contribution in [1.82, 2.24) is 0 Å². The number of rotatable bonds is 5. The van der Waals surface area contributed by atoms with E-state index in [0.717, 1.165) is 22.3 Å². The Bertz CT molecular complexity index is 2910. The van der Waals surface area contributed by atoms with Crippen molar-refractivity contribution in [3.05, 3.63) is 182 Å². The molecule has 220 valence electrons. The van der Waals surface area contributed by atoms with E-state index in [9.17, 15) is 5.48 Å². The molecule has 0 aliphatic rings. The molecule has 0 saturated heterocycles. The van der Waals surface area contributed by atoms with Crippen LogP contribution in [0.15, 0.2) is 186 Å². The summed E-state index contributed by atoms with van der Waals surface area (Å²) in [6.07, 6.45) is 0. The van der Waals surface area contributed by atoms with E-state index < -0.39 is 24.2 Å². The van der Waals surface area contributed by atoms with Crippen molar-refractivity contribution >= 4 is 32.5 Å². The molecule has 1 heteroatoms. The maximum atomic E-state index is 9.52. The Labute approximate surface area is 285 Å². The van der Waals surface area contributed by atoms with Gasteiger partial charge in [-0.1, -0.05) is 164 Å². The second kappa shape index (κ2) is 11.3. The third-order valence-electron chi connectivity index (χ3n) is 8.71. The molecule has 0 radical (unpaired) electrons. The van der Waals surface area contributed by atoms with E-state index in [4.69, 9.17) is 9.90 Å². The van der Waals surface area contributed by atoms with Crippen LogP contribution >= 0.6 is 0 Å². The van der Waals surface area contributed by atoms with Crippen molar-refractivity contribution in [3.8, 4) is 55.8 Å². The molecule has 47 heavy (non-hydrogen) atoms. The van der Waals surface area contributed by atoms with E-state index >= 15 is 0 Å². The minimum atomic E-state index is -0.455. The number of hydrogen-bond donors (Lipinski definition) is 0. The van der Waals surface area contributed by atoms with Crippen LogP contribution in [0.2, 0.25) is 0 Å². The van der Waals surface area contributed by atoms with Gasteiger partial charge in [-0.25, -0.2) is 0 Å². The summed E-state index contributed by atoms with van der Waals surface area (Å²) in [6.45, 7) is 0. The van der Waals surface area contributed by atoms with Crippen LogP contribution in [0.3, 0.4) is 0 Å². The predicted molar refractivity (Wildman–Crippen MR) is 198 cm³/mol. The molecule has 0 saturated carbocycles. The maximum Gasteiger partial charge on any atom is 0.143 e. The molecule has 1 nitrogen and oxygen atoms in total. The van der Waals surface area contributed by atoms with E-state index in [1.807, 2.05) is 109 Å². The quantitative estimate of drug-likeness (QED) is 0.178. The molecule has 9 rings (SSSR count). The van der Waals surface area contributed by atoms with Crippen molar-refractivity contribution in [2.24, 2.45) is 0 Å². The van der Waals surface area contributed by atoms with Crippen LogP contribution in [0.4, 0.5) is 0 Å². The molecule has 9 aromatic rings. The van der Waals surface area contributed by atoms with Gasteiger partial charge in [-0.05, 0) is 73.1 Å². The van der Waals surface area contributed by atoms with Crippen LogP contribution in [-0.4, -0.2) is 0 Å². The highest BCUT2D eigenvalue weighted by atomic mass is 16.3. The lowest BCUT2D eigenvalue weighted by Gasteiger charge is -2.18. The van der Waals surface area contributed by atoms with Crippen LogP contribution in [0.5, 0.6) is 0 Å². The molecule has 0 unspecified atom stereocenters. The molecule has 0 amide bonds. The summed E-state index contributed by atoms with van der Waals surface area (Å²) in [7, 11) is 0. The largest absolute Gasteiger partial charge is 0.455 e.